The summed E-state index contributed by atoms with van der Waals surface area (Å²) in [6.07, 6.45) is 4.26. The zero-order valence-electron chi connectivity index (χ0n) is 6.74. The molecular formula is C9H8N2O. The van der Waals surface area contributed by atoms with Crippen LogP contribution in [0.2, 0.25) is 0 Å². The summed E-state index contributed by atoms with van der Waals surface area (Å²) in [5.41, 5.74) is 2.21. The molecule has 1 rings (SSSR count). The minimum atomic E-state index is 0.328. The molecule has 0 aliphatic rings. The average molecular weight is 160 g/mol. The largest absolute Gasteiger partial charge is 0.303 e. The number of carbonyl (C=O) groups is 1. The molecule has 0 unspecified atom stereocenters. The Hall–Kier alpha value is -1.69. The molecular weight excluding hydrogens is 152 g/mol. The lowest BCUT2D eigenvalue weighted by molar-refractivity contribution is -0.107. The number of carbonyl (C=O) groups excluding carboxylic acids is 1. The van der Waals surface area contributed by atoms with Crippen LogP contribution in [-0.4, -0.2) is 11.3 Å². The van der Waals surface area contributed by atoms with E-state index < -0.39 is 0 Å². The molecule has 3 nitrogen and oxygen atoms in total. The van der Waals surface area contributed by atoms with Gasteiger partial charge < -0.3 is 4.79 Å². The molecule has 0 amide bonds. The van der Waals surface area contributed by atoms with Gasteiger partial charge in [-0.25, -0.2) is 0 Å². The van der Waals surface area contributed by atoms with Crippen molar-refractivity contribution in [3.05, 3.63) is 29.1 Å². The van der Waals surface area contributed by atoms with Crippen LogP contribution in [0.4, 0.5) is 0 Å². The Labute approximate surface area is 70.7 Å². The highest BCUT2D eigenvalue weighted by molar-refractivity contribution is 5.57. The van der Waals surface area contributed by atoms with E-state index in [-0.39, 0.29) is 0 Å². The van der Waals surface area contributed by atoms with Crippen LogP contribution < -0.4 is 0 Å². The van der Waals surface area contributed by atoms with Gasteiger partial charge in [0.05, 0.1) is 5.56 Å². The molecule has 0 N–H and O–H groups in total. The molecule has 0 saturated heterocycles. The number of hydrogen-bond donors (Lipinski definition) is 0. The minimum Gasteiger partial charge on any atom is -0.303 e. The number of aromatic nitrogens is 1. The van der Waals surface area contributed by atoms with E-state index in [1.165, 1.54) is 6.20 Å². The van der Waals surface area contributed by atoms with Crippen LogP contribution in [0.3, 0.4) is 0 Å². The van der Waals surface area contributed by atoms with Crippen LogP contribution in [0.1, 0.15) is 16.7 Å². The molecule has 60 valence electrons. The van der Waals surface area contributed by atoms with Gasteiger partial charge in [-0.05, 0) is 18.1 Å². The van der Waals surface area contributed by atoms with Crippen LogP contribution >= 0.6 is 0 Å². The highest BCUT2D eigenvalue weighted by atomic mass is 16.1. The third-order valence-electron chi connectivity index (χ3n) is 1.74. The lowest BCUT2D eigenvalue weighted by Crippen LogP contribution is -1.95. The van der Waals surface area contributed by atoms with Crippen molar-refractivity contribution >= 4 is 6.29 Å². The van der Waals surface area contributed by atoms with Gasteiger partial charge in [0.25, 0.3) is 0 Å². The van der Waals surface area contributed by atoms with Crippen molar-refractivity contribution in [3.8, 4) is 6.07 Å². The fourth-order valence-corrected chi connectivity index (χ4v) is 0.977. The number of hydrogen-bond acceptors (Lipinski definition) is 3. The number of pyridine rings is 1. The molecule has 0 radical (unpaired) electrons. The van der Waals surface area contributed by atoms with Crippen molar-refractivity contribution in [3.63, 3.8) is 0 Å². The van der Waals surface area contributed by atoms with E-state index in [9.17, 15) is 4.79 Å². The molecule has 1 aromatic heterocycles. The van der Waals surface area contributed by atoms with E-state index in [0.29, 0.717) is 12.0 Å². The fraction of sp³-hybridized carbons (Fsp3) is 0.222. The zero-order chi connectivity index (χ0) is 8.97. The predicted molar refractivity (Wildman–Crippen MR) is 43.5 cm³/mol. The normalized spacial score (nSPS) is 9.00. The van der Waals surface area contributed by atoms with Crippen molar-refractivity contribution < 1.29 is 4.79 Å². The van der Waals surface area contributed by atoms with E-state index in [1.807, 2.05) is 13.0 Å². The summed E-state index contributed by atoms with van der Waals surface area (Å²) in [6, 6.07) is 2.02. The molecule has 1 aromatic rings. The monoisotopic (exact) mass is 160 g/mol. The van der Waals surface area contributed by atoms with Crippen LogP contribution in [0.15, 0.2) is 12.4 Å². The summed E-state index contributed by atoms with van der Waals surface area (Å²) in [6.45, 7) is 1.82. The zero-order valence-corrected chi connectivity index (χ0v) is 6.74. The maximum atomic E-state index is 10.2. The van der Waals surface area contributed by atoms with Gasteiger partial charge in [-0.2, -0.15) is 5.26 Å². The molecule has 12 heavy (non-hydrogen) atoms. The highest BCUT2D eigenvalue weighted by Gasteiger charge is 2.02. The van der Waals surface area contributed by atoms with Gasteiger partial charge in [-0.1, -0.05) is 0 Å². The SMILES string of the molecule is Cc1c(C#N)cncc1CC=O. The molecule has 0 aliphatic heterocycles. The van der Waals surface area contributed by atoms with Gasteiger partial charge in [0.15, 0.2) is 0 Å². The van der Waals surface area contributed by atoms with Crippen molar-refractivity contribution in [2.45, 2.75) is 13.3 Å². The van der Waals surface area contributed by atoms with E-state index in [4.69, 9.17) is 5.26 Å². The summed E-state index contributed by atoms with van der Waals surface area (Å²) in [5.74, 6) is 0. The number of rotatable bonds is 2. The van der Waals surface area contributed by atoms with Crippen LogP contribution in [-0.2, 0) is 11.2 Å². The smallest absolute Gasteiger partial charge is 0.124 e. The minimum absolute atomic E-state index is 0.328. The second-order valence-electron chi connectivity index (χ2n) is 2.45. The van der Waals surface area contributed by atoms with Crippen LogP contribution in [0, 0.1) is 18.3 Å². The Kier molecular flexibility index (Phi) is 2.54. The first-order chi connectivity index (χ1) is 5.79. The van der Waals surface area contributed by atoms with Gasteiger partial charge in [0.1, 0.15) is 12.4 Å². The molecule has 3 heteroatoms. The predicted octanol–water partition coefficient (Wildman–Crippen LogP) is 1.00. The third-order valence-corrected chi connectivity index (χ3v) is 1.74. The van der Waals surface area contributed by atoms with E-state index in [1.54, 1.807) is 6.20 Å². The van der Waals surface area contributed by atoms with Crippen molar-refractivity contribution in [2.75, 3.05) is 0 Å². The van der Waals surface area contributed by atoms with Crippen molar-refractivity contribution in [2.24, 2.45) is 0 Å². The summed E-state index contributed by atoms with van der Waals surface area (Å²) in [5, 5.41) is 8.63. The molecule has 0 bridgehead atoms. The van der Waals surface area contributed by atoms with Crippen molar-refractivity contribution in [1.82, 2.24) is 4.98 Å². The lowest BCUT2D eigenvalue weighted by Gasteiger charge is -2.01. The molecule has 0 fully saturated rings. The standard InChI is InChI=1S/C9H8N2O/c1-7-8(2-3-12)5-11-6-9(7)4-10/h3,5-6H,2H2,1H3. The van der Waals surface area contributed by atoms with Gasteiger partial charge in [0, 0.05) is 18.8 Å². The number of nitrogens with zero attached hydrogens (tertiary/aromatic N) is 2. The van der Waals surface area contributed by atoms with E-state index in [2.05, 4.69) is 4.98 Å². The molecule has 0 aliphatic carbocycles. The Balaban J connectivity index is 3.15. The second-order valence-corrected chi connectivity index (χ2v) is 2.45. The Bertz CT molecular complexity index is 339. The van der Waals surface area contributed by atoms with Gasteiger partial charge in [-0.15, -0.1) is 0 Å². The van der Waals surface area contributed by atoms with E-state index in [0.717, 1.165) is 17.4 Å². The average Bonchev–Trinajstić information content (AvgIpc) is 2.09. The van der Waals surface area contributed by atoms with Crippen LogP contribution in [0.25, 0.3) is 0 Å². The summed E-state index contributed by atoms with van der Waals surface area (Å²) in [4.78, 5) is 14.1. The summed E-state index contributed by atoms with van der Waals surface area (Å²) >= 11 is 0. The highest BCUT2D eigenvalue weighted by Crippen LogP contribution is 2.10. The molecule has 0 atom stereocenters. The summed E-state index contributed by atoms with van der Waals surface area (Å²) in [7, 11) is 0. The quantitative estimate of drug-likeness (QED) is 0.606. The lowest BCUT2D eigenvalue weighted by atomic mass is 10.1. The topological polar surface area (TPSA) is 53.8 Å². The second kappa shape index (κ2) is 3.63. The first kappa shape index (κ1) is 8.41. The Morgan fingerprint density at radius 3 is 3.00 bits per heavy atom. The van der Waals surface area contributed by atoms with Gasteiger partial charge >= 0.3 is 0 Å². The summed E-state index contributed by atoms with van der Waals surface area (Å²) < 4.78 is 0. The Morgan fingerprint density at radius 2 is 2.42 bits per heavy atom. The maximum Gasteiger partial charge on any atom is 0.124 e. The first-order valence-corrected chi connectivity index (χ1v) is 3.56. The Morgan fingerprint density at radius 1 is 1.67 bits per heavy atom. The van der Waals surface area contributed by atoms with Gasteiger partial charge in [0.2, 0.25) is 0 Å². The van der Waals surface area contributed by atoms with Gasteiger partial charge in [-0.3, -0.25) is 4.98 Å². The maximum absolute atomic E-state index is 10.2. The van der Waals surface area contributed by atoms with E-state index >= 15 is 0 Å². The number of aldehydes is 1. The third kappa shape index (κ3) is 1.48. The van der Waals surface area contributed by atoms with Crippen LogP contribution in [0.5, 0.6) is 0 Å². The first-order valence-electron chi connectivity index (χ1n) is 3.56. The number of nitriles is 1. The molecule has 0 saturated carbocycles. The molecule has 0 aromatic carbocycles. The molecule has 0 spiro atoms. The van der Waals surface area contributed by atoms with Crippen molar-refractivity contribution in [1.29, 1.82) is 5.26 Å². The molecule has 1 heterocycles. The fourth-order valence-electron chi connectivity index (χ4n) is 0.977.